The van der Waals surface area contributed by atoms with Gasteiger partial charge in [0.15, 0.2) is 0 Å². The first-order valence-corrected chi connectivity index (χ1v) is 22.5. The molecule has 0 fully saturated rings. The number of halogens is 3. The van der Waals surface area contributed by atoms with Gasteiger partial charge in [-0.25, -0.2) is 0 Å². The summed E-state index contributed by atoms with van der Waals surface area (Å²) < 4.78 is 57.9. The second-order valence-electron chi connectivity index (χ2n) is 11.2. The molecule has 0 radical (unpaired) electrons. The van der Waals surface area contributed by atoms with Gasteiger partial charge >= 0.3 is 253 Å². The van der Waals surface area contributed by atoms with Crippen molar-refractivity contribution in [1.82, 2.24) is 9.80 Å². The van der Waals surface area contributed by atoms with Gasteiger partial charge in [0.2, 0.25) is 0 Å². The summed E-state index contributed by atoms with van der Waals surface area (Å²) in [6.45, 7) is 5.92. The molecule has 236 valence electrons. The van der Waals surface area contributed by atoms with Gasteiger partial charge < -0.3 is 0 Å². The van der Waals surface area contributed by atoms with E-state index in [9.17, 15) is 27.6 Å². The number of amides is 3. The van der Waals surface area contributed by atoms with Crippen molar-refractivity contribution in [3.05, 3.63) is 41.5 Å². The summed E-state index contributed by atoms with van der Waals surface area (Å²) in [4.78, 5) is 38.9. The van der Waals surface area contributed by atoms with Crippen LogP contribution in [0.5, 0.6) is 0 Å². The van der Waals surface area contributed by atoms with Gasteiger partial charge in [-0.3, -0.25) is 0 Å². The molecule has 3 amide bonds. The van der Waals surface area contributed by atoms with Crippen LogP contribution in [0.15, 0.2) is 30.4 Å². The fraction of sp³-hybridized carbons (Fsp3) is 0.645. The van der Waals surface area contributed by atoms with Crippen molar-refractivity contribution in [2.75, 3.05) is 27.5 Å². The molecule has 0 saturated heterocycles. The van der Waals surface area contributed by atoms with E-state index in [4.69, 9.17) is 9.47 Å². The predicted octanol–water partition coefficient (Wildman–Crippen LogP) is 6.24. The number of hydrogen-bond acceptors (Lipinski definition) is 5. The second-order valence-corrected chi connectivity index (χ2v) is 24.3. The van der Waals surface area contributed by atoms with Crippen LogP contribution < -0.4 is 3.58 Å². The van der Waals surface area contributed by atoms with Crippen molar-refractivity contribution in [2.24, 2.45) is 0 Å². The van der Waals surface area contributed by atoms with E-state index < -0.39 is 49.3 Å². The van der Waals surface area contributed by atoms with Gasteiger partial charge in [-0.15, -0.1) is 0 Å². The summed E-state index contributed by atoms with van der Waals surface area (Å²) in [5, 5.41) is 0. The molecular formula is C31H47F3N2O5Sn. The second kappa shape index (κ2) is 17.4. The Kier molecular flexibility index (Phi) is 15.0. The van der Waals surface area contributed by atoms with Crippen molar-refractivity contribution in [3.63, 3.8) is 0 Å². The number of rotatable bonds is 19. The quantitative estimate of drug-likeness (QED) is 0.0970. The Labute approximate surface area is 252 Å². The van der Waals surface area contributed by atoms with E-state index in [1.54, 1.807) is 13.1 Å². The van der Waals surface area contributed by atoms with E-state index >= 15 is 0 Å². The Morgan fingerprint density at radius 1 is 0.976 bits per heavy atom. The number of benzene rings is 1. The first kappa shape index (κ1) is 36.3. The van der Waals surface area contributed by atoms with Crippen molar-refractivity contribution in [2.45, 2.75) is 97.9 Å². The Morgan fingerprint density at radius 2 is 1.52 bits per heavy atom. The van der Waals surface area contributed by atoms with Gasteiger partial charge in [0.05, 0.1) is 0 Å². The molecule has 1 aliphatic rings. The molecule has 0 aliphatic carbocycles. The summed E-state index contributed by atoms with van der Waals surface area (Å²) >= 11 is -3.35. The van der Waals surface area contributed by atoms with Crippen LogP contribution in [-0.2, 0) is 30.4 Å². The third kappa shape index (κ3) is 10.1. The fourth-order valence-electron chi connectivity index (χ4n) is 5.64. The average Bonchev–Trinajstić information content (AvgIpc) is 3.27. The van der Waals surface area contributed by atoms with Crippen LogP contribution in [0, 0.1) is 0 Å². The first-order chi connectivity index (χ1) is 19.9. The van der Waals surface area contributed by atoms with Gasteiger partial charge in [0.1, 0.15) is 0 Å². The third-order valence-electron chi connectivity index (χ3n) is 7.94. The summed E-state index contributed by atoms with van der Waals surface area (Å²) in [6.07, 6.45) is 1.43. The fourth-order valence-corrected chi connectivity index (χ4v) is 22.5. The van der Waals surface area contributed by atoms with Crippen molar-refractivity contribution in [1.29, 1.82) is 0 Å². The monoisotopic (exact) mass is 704 g/mol. The summed E-state index contributed by atoms with van der Waals surface area (Å²) in [6, 6.07) is 5.35. The number of unbranched alkanes of at least 4 members (excludes halogenated alkanes) is 3. The van der Waals surface area contributed by atoms with Crippen LogP contribution >= 0.6 is 0 Å². The van der Waals surface area contributed by atoms with Crippen molar-refractivity contribution < 1.29 is 37.0 Å². The van der Waals surface area contributed by atoms with Crippen LogP contribution in [0.1, 0.15) is 82.9 Å². The van der Waals surface area contributed by atoms with Gasteiger partial charge in [-0.05, 0) is 0 Å². The van der Waals surface area contributed by atoms with Crippen LogP contribution in [0.2, 0.25) is 13.3 Å². The van der Waals surface area contributed by atoms with E-state index in [-0.39, 0.29) is 31.0 Å². The van der Waals surface area contributed by atoms with Gasteiger partial charge in [0, 0.05) is 0 Å². The first-order valence-electron chi connectivity index (χ1n) is 15.0. The third-order valence-corrected chi connectivity index (χ3v) is 23.7. The molecule has 0 N–H and O–H groups in total. The number of ether oxygens (including phenoxy) is 2. The SMILES string of the molecule is CCC[CH2][Sn]([CH2]CCC)([CH2]CCC)[c]1ccc(CN(C)C(=O)CCN2C(=O)C=CC2=O)cc1C(OCOC)C(F)(F)F. The molecule has 1 aromatic carbocycles. The number of alkyl halides is 3. The molecule has 7 nitrogen and oxygen atoms in total. The average molecular weight is 703 g/mol. The summed E-state index contributed by atoms with van der Waals surface area (Å²) in [5.41, 5.74) is 0.730. The Hall–Kier alpha value is -1.92. The molecule has 2 rings (SSSR count). The minimum absolute atomic E-state index is 0.0533. The predicted molar refractivity (Wildman–Crippen MR) is 160 cm³/mol. The zero-order valence-electron chi connectivity index (χ0n) is 25.7. The zero-order valence-corrected chi connectivity index (χ0v) is 28.6. The molecule has 1 aliphatic heterocycles. The molecule has 0 saturated carbocycles. The topological polar surface area (TPSA) is 76.2 Å². The van der Waals surface area contributed by atoms with E-state index in [1.165, 1.54) is 12.0 Å². The van der Waals surface area contributed by atoms with Crippen LogP contribution in [0.4, 0.5) is 13.2 Å². The van der Waals surface area contributed by atoms with Crippen molar-refractivity contribution in [3.8, 4) is 0 Å². The molecule has 1 unspecified atom stereocenters. The van der Waals surface area contributed by atoms with Crippen LogP contribution in [-0.4, -0.2) is 79.6 Å². The van der Waals surface area contributed by atoms with Crippen LogP contribution in [0.25, 0.3) is 0 Å². The molecule has 0 bridgehead atoms. The molecule has 1 atom stereocenters. The van der Waals surface area contributed by atoms with Gasteiger partial charge in [-0.1, -0.05) is 0 Å². The zero-order chi connectivity index (χ0) is 31.3. The molecular weight excluding hydrogens is 656 g/mol. The minimum atomic E-state index is -4.64. The number of carbonyl (C=O) groups is 3. The maximum absolute atomic E-state index is 14.6. The van der Waals surface area contributed by atoms with Gasteiger partial charge in [-0.2, -0.15) is 0 Å². The normalized spacial score (nSPS) is 14.6. The van der Waals surface area contributed by atoms with Crippen molar-refractivity contribution >= 4 is 39.7 Å². The Bertz CT molecular complexity index is 1040. The maximum atomic E-state index is 14.6. The Morgan fingerprint density at radius 3 is 2.00 bits per heavy atom. The molecule has 1 aromatic rings. The number of carbonyl (C=O) groups excluding carboxylic acids is 3. The number of hydrogen-bond donors (Lipinski definition) is 0. The van der Waals surface area contributed by atoms with E-state index in [1.807, 2.05) is 12.1 Å². The summed E-state index contributed by atoms with van der Waals surface area (Å²) in [5.74, 6) is -1.25. The molecule has 1 heterocycles. The summed E-state index contributed by atoms with van der Waals surface area (Å²) in [7, 11) is 2.87. The number of imide groups is 1. The number of nitrogens with zero attached hydrogens (tertiary/aromatic N) is 2. The Balaban J connectivity index is 2.50. The number of methoxy groups -OCH3 is 1. The molecule has 42 heavy (non-hydrogen) atoms. The van der Waals surface area contributed by atoms with Gasteiger partial charge in [0.25, 0.3) is 0 Å². The van der Waals surface area contributed by atoms with Crippen LogP contribution in [0.3, 0.4) is 0 Å². The molecule has 11 heteroatoms. The molecule has 0 spiro atoms. The van der Waals surface area contributed by atoms with E-state index in [0.29, 0.717) is 5.56 Å². The molecule has 0 aromatic heterocycles. The van der Waals surface area contributed by atoms with E-state index in [0.717, 1.165) is 72.5 Å². The standard InChI is InChI=1S/C19H20F3N2O5.3C4H9.Sn/c1-23(15(25)8-9-24-16(26)6-7-17(24)27)11-13-4-3-5-14(10-13)18(19(20,21)22)29-12-28-2;3*1-3-4-2;/h3-4,6-7,10,18H,8-9,11-12H2,1-2H3;3*1,3-4H2,2H3;. The van der Waals surface area contributed by atoms with E-state index in [2.05, 4.69) is 20.8 Å².